The Labute approximate surface area is 157 Å². The summed E-state index contributed by atoms with van der Waals surface area (Å²) >= 11 is 1.39. The summed E-state index contributed by atoms with van der Waals surface area (Å²) in [5.41, 5.74) is 3.24. The van der Waals surface area contributed by atoms with Crippen LogP contribution in [0.5, 0.6) is 0 Å². The van der Waals surface area contributed by atoms with Crippen LogP contribution in [-0.4, -0.2) is 31.0 Å². The van der Waals surface area contributed by atoms with Crippen molar-refractivity contribution in [2.75, 3.05) is 11.1 Å². The van der Waals surface area contributed by atoms with E-state index < -0.39 is 0 Å². The van der Waals surface area contributed by atoms with Gasteiger partial charge in [-0.15, -0.1) is 10.2 Å². The lowest BCUT2D eigenvalue weighted by Gasteiger charge is -2.07. The molecule has 0 saturated carbocycles. The standard InChI is InChI=1S/C19H23N5OS/c1-4-14-7-9-15(10-8-14)20-18(25)13-26-19-22-21-17(24(19)3)12-16-6-5-11-23(16)2/h5-11H,4,12-13H2,1-3H3,(H,20,25). The molecule has 0 atom stereocenters. The van der Waals surface area contributed by atoms with Gasteiger partial charge in [-0.3, -0.25) is 4.79 Å². The van der Waals surface area contributed by atoms with Crippen LogP contribution in [0, 0.1) is 0 Å². The third-order valence-electron chi connectivity index (χ3n) is 4.29. The van der Waals surface area contributed by atoms with Gasteiger partial charge < -0.3 is 14.5 Å². The largest absolute Gasteiger partial charge is 0.354 e. The van der Waals surface area contributed by atoms with E-state index in [2.05, 4.69) is 33.1 Å². The molecule has 2 aromatic heterocycles. The van der Waals surface area contributed by atoms with Crippen molar-refractivity contribution in [1.29, 1.82) is 0 Å². The zero-order valence-corrected chi connectivity index (χ0v) is 16.1. The summed E-state index contributed by atoms with van der Waals surface area (Å²) < 4.78 is 4.01. The predicted molar refractivity (Wildman–Crippen MR) is 104 cm³/mol. The summed E-state index contributed by atoms with van der Waals surface area (Å²) in [6.45, 7) is 2.11. The average molecular weight is 369 g/mol. The minimum atomic E-state index is -0.0498. The Hall–Kier alpha value is -2.54. The minimum Gasteiger partial charge on any atom is -0.354 e. The number of thioether (sulfide) groups is 1. The van der Waals surface area contributed by atoms with Gasteiger partial charge in [-0.2, -0.15) is 0 Å². The number of nitrogens with one attached hydrogen (secondary N) is 1. The van der Waals surface area contributed by atoms with Crippen LogP contribution >= 0.6 is 11.8 Å². The van der Waals surface area contributed by atoms with Crippen molar-refractivity contribution >= 4 is 23.4 Å². The molecular formula is C19H23N5OS. The summed E-state index contributed by atoms with van der Waals surface area (Å²) in [5.74, 6) is 1.13. The van der Waals surface area contributed by atoms with Crippen LogP contribution in [0.3, 0.4) is 0 Å². The maximum absolute atomic E-state index is 12.2. The Morgan fingerprint density at radius 2 is 1.92 bits per heavy atom. The zero-order chi connectivity index (χ0) is 18.5. The van der Waals surface area contributed by atoms with Crippen molar-refractivity contribution in [3.8, 4) is 0 Å². The molecule has 26 heavy (non-hydrogen) atoms. The number of amides is 1. The van der Waals surface area contributed by atoms with Gasteiger partial charge in [0.25, 0.3) is 0 Å². The van der Waals surface area contributed by atoms with E-state index in [1.54, 1.807) is 0 Å². The molecule has 0 spiro atoms. The maximum atomic E-state index is 12.2. The Morgan fingerprint density at radius 1 is 1.15 bits per heavy atom. The number of rotatable bonds is 7. The minimum absolute atomic E-state index is 0.0498. The lowest BCUT2D eigenvalue weighted by molar-refractivity contribution is -0.113. The summed E-state index contributed by atoms with van der Waals surface area (Å²) in [4.78, 5) is 12.2. The maximum Gasteiger partial charge on any atom is 0.234 e. The van der Waals surface area contributed by atoms with E-state index in [1.165, 1.54) is 23.0 Å². The van der Waals surface area contributed by atoms with Crippen LogP contribution in [0.4, 0.5) is 5.69 Å². The Kier molecular flexibility index (Phi) is 5.78. The zero-order valence-electron chi connectivity index (χ0n) is 15.3. The fraction of sp³-hybridized carbons (Fsp3) is 0.316. The highest BCUT2D eigenvalue weighted by Crippen LogP contribution is 2.18. The van der Waals surface area contributed by atoms with Gasteiger partial charge in [0, 0.05) is 38.1 Å². The highest BCUT2D eigenvalue weighted by Gasteiger charge is 2.13. The van der Waals surface area contributed by atoms with Crippen LogP contribution in [0.2, 0.25) is 0 Å². The first kappa shape index (κ1) is 18.3. The van der Waals surface area contributed by atoms with E-state index in [-0.39, 0.29) is 5.91 Å². The van der Waals surface area contributed by atoms with Gasteiger partial charge in [0.1, 0.15) is 5.82 Å². The smallest absolute Gasteiger partial charge is 0.234 e. The van der Waals surface area contributed by atoms with Crippen LogP contribution in [0.25, 0.3) is 0 Å². The first-order valence-corrected chi connectivity index (χ1v) is 9.55. The van der Waals surface area contributed by atoms with Gasteiger partial charge in [0.2, 0.25) is 5.91 Å². The van der Waals surface area contributed by atoms with Crippen molar-refractivity contribution in [1.82, 2.24) is 19.3 Å². The van der Waals surface area contributed by atoms with Crippen LogP contribution in [0.15, 0.2) is 47.8 Å². The molecule has 6 nitrogen and oxygen atoms in total. The van der Waals surface area contributed by atoms with E-state index in [1.807, 2.05) is 55.2 Å². The van der Waals surface area contributed by atoms with Gasteiger partial charge in [-0.05, 0) is 36.2 Å². The van der Waals surface area contributed by atoms with Gasteiger partial charge >= 0.3 is 0 Å². The molecule has 0 radical (unpaired) electrons. The number of hydrogen-bond acceptors (Lipinski definition) is 4. The number of nitrogens with zero attached hydrogens (tertiary/aromatic N) is 4. The molecule has 0 saturated heterocycles. The quantitative estimate of drug-likeness (QED) is 0.650. The fourth-order valence-corrected chi connectivity index (χ4v) is 3.35. The number of benzene rings is 1. The third kappa shape index (κ3) is 4.35. The van der Waals surface area contributed by atoms with Crippen molar-refractivity contribution in [3.05, 3.63) is 59.7 Å². The molecule has 136 valence electrons. The number of aromatic nitrogens is 4. The van der Waals surface area contributed by atoms with Crippen LogP contribution < -0.4 is 5.32 Å². The molecular weight excluding hydrogens is 346 g/mol. The molecule has 7 heteroatoms. The second-order valence-corrected chi connectivity index (χ2v) is 7.07. The van der Waals surface area contributed by atoms with E-state index >= 15 is 0 Å². The summed E-state index contributed by atoms with van der Waals surface area (Å²) in [6, 6.07) is 12.0. The van der Waals surface area contributed by atoms with Crippen LogP contribution in [-0.2, 0) is 31.7 Å². The molecule has 3 rings (SSSR count). The Balaban J connectivity index is 1.55. The van der Waals surface area contributed by atoms with E-state index in [9.17, 15) is 4.79 Å². The SMILES string of the molecule is CCc1ccc(NC(=O)CSc2nnc(Cc3cccn3C)n2C)cc1. The molecule has 1 N–H and O–H groups in total. The number of aryl methyl sites for hydroxylation is 2. The molecule has 1 amide bonds. The first-order chi connectivity index (χ1) is 12.6. The Morgan fingerprint density at radius 3 is 2.58 bits per heavy atom. The third-order valence-corrected chi connectivity index (χ3v) is 5.31. The van der Waals surface area contributed by atoms with Crippen molar-refractivity contribution < 1.29 is 4.79 Å². The number of carbonyl (C=O) groups is 1. The number of anilines is 1. The van der Waals surface area contributed by atoms with Crippen molar-refractivity contribution in [2.24, 2.45) is 14.1 Å². The van der Waals surface area contributed by atoms with E-state index in [0.29, 0.717) is 12.2 Å². The van der Waals surface area contributed by atoms with Gasteiger partial charge in [-0.25, -0.2) is 0 Å². The molecule has 0 bridgehead atoms. The summed E-state index contributed by atoms with van der Waals surface area (Å²) in [6.07, 6.45) is 3.71. The Bertz CT molecular complexity index is 882. The second-order valence-electron chi connectivity index (χ2n) is 6.13. The first-order valence-electron chi connectivity index (χ1n) is 8.57. The molecule has 2 heterocycles. The monoisotopic (exact) mass is 369 g/mol. The van der Waals surface area contributed by atoms with Crippen molar-refractivity contribution in [2.45, 2.75) is 24.9 Å². The molecule has 0 fully saturated rings. The summed E-state index contributed by atoms with van der Waals surface area (Å²) in [7, 11) is 3.95. The topological polar surface area (TPSA) is 64.7 Å². The normalized spacial score (nSPS) is 10.9. The fourth-order valence-electron chi connectivity index (χ4n) is 2.62. The average Bonchev–Trinajstić information content (AvgIpc) is 3.20. The molecule has 1 aromatic carbocycles. The number of carbonyl (C=O) groups excluding carboxylic acids is 1. The lowest BCUT2D eigenvalue weighted by Crippen LogP contribution is -2.14. The van der Waals surface area contributed by atoms with E-state index in [0.717, 1.165) is 23.1 Å². The molecule has 0 aliphatic carbocycles. The second kappa shape index (κ2) is 8.23. The van der Waals surface area contributed by atoms with E-state index in [4.69, 9.17) is 0 Å². The molecule has 3 aromatic rings. The lowest BCUT2D eigenvalue weighted by atomic mass is 10.1. The number of hydrogen-bond donors (Lipinski definition) is 1. The highest BCUT2D eigenvalue weighted by molar-refractivity contribution is 7.99. The molecule has 0 aliphatic heterocycles. The van der Waals surface area contributed by atoms with Gasteiger partial charge in [0.15, 0.2) is 5.16 Å². The van der Waals surface area contributed by atoms with Crippen LogP contribution in [0.1, 0.15) is 24.0 Å². The molecule has 0 unspecified atom stereocenters. The van der Waals surface area contributed by atoms with Crippen molar-refractivity contribution in [3.63, 3.8) is 0 Å². The molecule has 0 aliphatic rings. The highest BCUT2D eigenvalue weighted by atomic mass is 32.2. The predicted octanol–water partition coefficient (Wildman–Crippen LogP) is 3.04. The summed E-state index contributed by atoms with van der Waals surface area (Å²) in [5, 5.41) is 12.1. The van der Waals surface area contributed by atoms with Gasteiger partial charge in [0.05, 0.1) is 5.75 Å². The van der Waals surface area contributed by atoms with Gasteiger partial charge in [-0.1, -0.05) is 30.8 Å².